The van der Waals surface area contributed by atoms with Crippen molar-refractivity contribution in [3.05, 3.63) is 29.7 Å². The second-order valence-electron chi connectivity index (χ2n) is 5.59. The van der Waals surface area contributed by atoms with Crippen molar-refractivity contribution in [3.8, 4) is 5.82 Å². The zero-order valence-electron chi connectivity index (χ0n) is 12.1. The molecule has 0 aliphatic heterocycles. The highest BCUT2D eigenvalue weighted by Crippen LogP contribution is 2.07. The second-order valence-corrected chi connectivity index (χ2v) is 5.59. The van der Waals surface area contributed by atoms with Crippen LogP contribution >= 0.6 is 0 Å². The summed E-state index contributed by atoms with van der Waals surface area (Å²) in [5.41, 5.74) is 0.942. The molecule has 2 rings (SSSR count). The first-order valence-corrected chi connectivity index (χ1v) is 6.32. The first-order chi connectivity index (χ1) is 8.85. The molecule has 0 aromatic carbocycles. The average Bonchev–Trinajstić information content (AvgIpc) is 2.65. The Hall–Kier alpha value is -1.82. The second kappa shape index (κ2) is 5.05. The Morgan fingerprint density at radius 1 is 1.16 bits per heavy atom. The zero-order valence-corrected chi connectivity index (χ0v) is 12.1. The van der Waals surface area contributed by atoms with Crippen LogP contribution < -0.4 is 5.32 Å². The monoisotopic (exact) mass is 260 g/mol. The molecular weight excluding hydrogens is 240 g/mol. The number of rotatable bonds is 3. The van der Waals surface area contributed by atoms with Gasteiger partial charge in [0.15, 0.2) is 5.82 Å². The molecule has 1 N–H and O–H groups in total. The van der Waals surface area contributed by atoms with Crippen LogP contribution in [-0.4, -0.2) is 30.3 Å². The number of aryl methyl sites for hydroxylation is 2. The number of aromatic nitrogens is 5. The van der Waals surface area contributed by atoms with E-state index in [0.717, 1.165) is 17.3 Å². The Bertz CT molecular complexity index is 567. The Morgan fingerprint density at radius 2 is 1.89 bits per heavy atom. The van der Waals surface area contributed by atoms with E-state index in [9.17, 15) is 0 Å². The number of hydrogen-bond acceptors (Lipinski definition) is 5. The lowest BCUT2D eigenvalue weighted by molar-refractivity contribution is 0.420. The molecule has 0 unspecified atom stereocenters. The van der Waals surface area contributed by atoms with E-state index in [4.69, 9.17) is 0 Å². The predicted molar refractivity (Wildman–Crippen MR) is 73.0 cm³/mol. The van der Waals surface area contributed by atoms with Crippen molar-refractivity contribution in [3.63, 3.8) is 0 Å². The summed E-state index contributed by atoms with van der Waals surface area (Å²) >= 11 is 0. The number of hydrogen-bond donors (Lipinski definition) is 1. The SMILES string of the molecule is Cc1nc(C)n(-c2cncc(CNC(C)(C)C)n2)n1. The third-order valence-corrected chi connectivity index (χ3v) is 2.56. The van der Waals surface area contributed by atoms with Gasteiger partial charge in [-0.2, -0.15) is 4.68 Å². The first-order valence-electron chi connectivity index (χ1n) is 6.32. The summed E-state index contributed by atoms with van der Waals surface area (Å²) in [6, 6.07) is 0. The van der Waals surface area contributed by atoms with E-state index in [1.165, 1.54) is 0 Å². The van der Waals surface area contributed by atoms with Gasteiger partial charge in [-0.15, -0.1) is 5.10 Å². The molecule has 19 heavy (non-hydrogen) atoms. The molecule has 2 aromatic heterocycles. The third kappa shape index (κ3) is 3.57. The van der Waals surface area contributed by atoms with E-state index in [1.54, 1.807) is 17.1 Å². The lowest BCUT2D eigenvalue weighted by Crippen LogP contribution is -2.35. The smallest absolute Gasteiger partial charge is 0.174 e. The summed E-state index contributed by atoms with van der Waals surface area (Å²) in [7, 11) is 0. The van der Waals surface area contributed by atoms with Crippen molar-refractivity contribution in [1.82, 2.24) is 30.0 Å². The zero-order chi connectivity index (χ0) is 14.0. The highest BCUT2D eigenvalue weighted by atomic mass is 15.4. The van der Waals surface area contributed by atoms with Gasteiger partial charge in [0.25, 0.3) is 0 Å². The van der Waals surface area contributed by atoms with E-state index in [1.807, 2.05) is 13.8 Å². The normalized spacial score (nSPS) is 11.8. The van der Waals surface area contributed by atoms with E-state index >= 15 is 0 Å². The molecule has 0 bridgehead atoms. The van der Waals surface area contributed by atoms with Crippen LogP contribution in [0.15, 0.2) is 12.4 Å². The molecule has 0 saturated heterocycles. The van der Waals surface area contributed by atoms with Gasteiger partial charge < -0.3 is 5.32 Å². The van der Waals surface area contributed by atoms with Gasteiger partial charge in [0.1, 0.15) is 11.6 Å². The topological polar surface area (TPSA) is 68.5 Å². The van der Waals surface area contributed by atoms with Crippen LogP contribution in [0.4, 0.5) is 0 Å². The van der Waals surface area contributed by atoms with E-state index < -0.39 is 0 Å². The van der Waals surface area contributed by atoms with Gasteiger partial charge in [0.2, 0.25) is 0 Å². The van der Waals surface area contributed by atoms with Gasteiger partial charge in [0.05, 0.1) is 11.9 Å². The van der Waals surface area contributed by atoms with E-state index in [2.05, 4.69) is 46.1 Å². The van der Waals surface area contributed by atoms with Crippen molar-refractivity contribution >= 4 is 0 Å². The fourth-order valence-electron chi connectivity index (χ4n) is 1.68. The molecule has 0 aliphatic rings. The summed E-state index contributed by atoms with van der Waals surface area (Å²) in [6.07, 6.45) is 3.46. The van der Waals surface area contributed by atoms with Gasteiger partial charge in [-0.1, -0.05) is 0 Å². The maximum Gasteiger partial charge on any atom is 0.174 e. The Morgan fingerprint density at radius 3 is 2.47 bits per heavy atom. The van der Waals surface area contributed by atoms with Crippen molar-refractivity contribution in [2.45, 2.75) is 46.7 Å². The van der Waals surface area contributed by atoms with Crippen molar-refractivity contribution < 1.29 is 0 Å². The van der Waals surface area contributed by atoms with Gasteiger partial charge in [0, 0.05) is 18.3 Å². The minimum Gasteiger partial charge on any atom is -0.306 e. The quantitative estimate of drug-likeness (QED) is 0.907. The van der Waals surface area contributed by atoms with Crippen molar-refractivity contribution in [1.29, 1.82) is 0 Å². The summed E-state index contributed by atoms with van der Waals surface area (Å²) in [5.74, 6) is 2.25. The average molecular weight is 260 g/mol. The molecule has 0 saturated carbocycles. The van der Waals surface area contributed by atoms with Crippen LogP contribution in [0.2, 0.25) is 0 Å². The predicted octanol–water partition coefficient (Wildman–Crippen LogP) is 1.56. The van der Waals surface area contributed by atoms with Crippen LogP contribution in [0.1, 0.15) is 38.1 Å². The molecule has 2 heterocycles. The van der Waals surface area contributed by atoms with Crippen LogP contribution in [0.3, 0.4) is 0 Å². The maximum atomic E-state index is 4.56. The third-order valence-electron chi connectivity index (χ3n) is 2.56. The molecule has 0 spiro atoms. The van der Waals surface area contributed by atoms with Crippen LogP contribution in [0, 0.1) is 13.8 Å². The Balaban J connectivity index is 2.22. The van der Waals surface area contributed by atoms with Gasteiger partial charge in [-0.3, -0.25) is 4.98 Å². The first kappa shape index (κ1) is 13.6. The van der Waals surface area contributed by atoms with Crippen LogP contribution in [-0.2, 0) is 6.54 Å². The van der Waals surface area contributed by atoms with Crippen LogP contribution in [0.25, 0.3) is 5.82 Å². The van der Waals surface area contributed by atoms with Crippen LogP contribution in [0.5, 0.6) is 0 Å². The van der Waals surface area contributed by atoms with E-state index in [0.29, 0.717) is 12.4 Å². The summed E-state index contributed by atoms with van der Waals surface area (Å²) < 4.78 is 1.71. The number of nitrogens with zero attached hydrogens (tertiary/aromatic N) is 5. The molecule has 0 aliphatic carbocycles. The minimum atomic E-state index is 0.0530. The minimum absolute atomic E-state index is 0.0530. The molecule has 102 valence electrons. The molecule has 0 atom stereocenters. The number of nitrogens with one attached hydrogen (secondary N) is 1. The van der Waals surface area contributed by atoms with Gasteiger partial charge >= 0.3 is 0 Å². The molecule has 0 radical (unpaired) electrons. The highest BCUT2D eigenvalue weighted by Gasteiger charge is 2.11. The van der Waals surface area contributed by atoms with Gasteiger partial charge in [-0.25, -0.2) is 9.97 Å². The summed E-state index contributed by atoms with van der Waals surface area (Å²) in [6.45, 7) is 10.8. The molecule has 6 heteroatoms. The van der Waals surface area contributed by atoms with Gasteiger partial charge in [-0.05, 0) is 34.6 Å². The Kier molecular flexibility index (Phi) is 3.61. The molecule has 0 fully saturated rings. The molecular formula is C13H20N6. The standard InChI is InChI=1S/C13H20N6/c1-9-16-10(2)19(18-9)12-8-14-6-11(17-12)7-15-13(3,4)5/h6,8,15H,7H2,1-5H3. The van der Waals surface area contributed by atoms with Crippen molar-refractivity contribution in [2.75, 3.05) is 0 Å². The molecule has 6 nitrogen and oxygen atoms in total. The molecule has 2 aromatic rings. The van der Waals surface area contributed by atoms with E-state index in [-0.39, 0.29) is 5.54 Å². The van der Waals surface area contributed by atoms with Crippen molar-refractivity contribution in [2.24, 2.45) is 0 Å². The molecule has 0 amide bonds. The Labute approximate surface area is 113 Å². The lowest BCUT2D eigenvalue weighted by atomic mass is 10.1. The summed E-state index contributed by atoms with van der Waals surface area (Å²) in [4.78, 5) is 13.0. The fraction of sp³-hybridized carbons (Fsp3) is 0.538. The maximum absolute atomic E-state index is 4.56. The fourth-order valence-corrected chi connectivity index (χ4v) is 1.68. The largest absolute Gasteiger partial charge is 0.306 e. The lowest BCUT2D eigenvalue weighted by Gasteiger charge is -2.20. The highest BCUT2D eigenvalue weighted by molar-refractivity contribution is 5.20. The summed E-state index contributed by atoms with van der Waals surface area (Å²) in [5, 5.41) is 7.70.